The van der Waals surface area contributed by atoms with Crippen LogP contribution in [0.25, 0.3) is 10.9 Å². The molecule has 2 heterocycles. The largest absolute Gasteiger partial charge is 0.348 e. The maximum absolute atomic E-state index is 13.2. The molecular weight excluding hydrogens is 378 g/mol. The number of aromatic nitrogens is 1. The molecule has 3 aromatic rings. The number of hydrogen-bond acceptors (Lipinski definition) is 3. The Morgan fingerprint density at radius 2 is 1.90 bits per heavy atom. The Morgan fingerprint density at radius 3 is 2.60 bits per heavy atom. The topological polar surface area (TPSA) is 71.4 Å². The van der Waals surface area contributed by atoms with Crippen LogP contribution in [0.2, 0.25) is 0 Å². The maximum Gasteiger partial charge on any atom is 0.257 e. The van der Waals surface area contributed by atoms with Crippen molar-refractivity contribution < 1.29 is 9.59 Å². The van der Waals surface area contributed by atoms with E-state index in [2.05, 4.69) is 17.2 Å². The van der Waals surface area contributed by atoms with Crippen LogP contribution < -0.4 is 15.6 Å². The molecule has 1 N–H and O–H groups in total. The summed E-state index contributed by atoms with van der Waals surface area (Å²) in [6.07, 6.45) is 1.48. The lowest BCUT2D eigenvalue weighted by molar-refractivity contribution is -0.119. The fourth-order valence-corrected chi connectivity index (χ4v) is 3.65. The quantitative estimate of drug-likeness (QED) is 0.688. The number of rotatable bonds is 3. The van der Waals surface area contributed by atoms with Gasteiger partial charge in [0.25, 0.3) is 5.91 Å². The Bertz CT molecular complexity index is 1310. The third-order valence-corrected chi connectivity index (χ3v) is 5.28. The third-order valence-electron chi connectivity index (χ3n) is 5.28. The fraction of sp³-hybridized carbons (Fsp3) is 0.208. The van der Waals surface area contributed by atoms with Crippen LogP contribution in [0.1, 0.15) is 34.0 Å². The smallest absolute Gasteiger partial charge is 0.257 e. The maximum atomic E-state index is 13.2. The molecule has 0 atom stereocenters. The predicted octanol–water partition coefficient (Wildman–Crippen LogP) is 2.59. The highest BCUT2D eigenvalue weighted by Crippen LogP contribution is 2.30. The molecule has 0 radical (unpaired) electrons. The van der Waals surface area contributed by atoms with Gasteiger partial charge in [0.05, 0.1) is 11.2 Å². The van der Waals surface area contributed by atoms with Gasteiger partial charge in [-0.1, -0.05) is 35.7 Å². The summed E-state index contributed by atoms with van der Waals surface area (Å²) in [6.45, 7) is 4.08. The minimum absolute atomic E-state index is 0.0134. The fourth-order valence-electron chi connectivity index (χ4n) is 3.65. The number of hydrogen-bond donors (Lipinski definition) is 1. The molecular formula is C24H21N3O3. The molecule has 0 aliphatic carbocycles. The van der Waals surface area contributed by atoms with Crippen molar-refractivity contribution in [2.75, 3.05) is 11.9 Å². The summed E-state index contributed by atoms with van der Waals surface area (Å²) < 4.78 is 1.68. The zero-order valence-electron chi connectivity index (χ0n) is 17.1. The van der Waals surface area contributed by atoms with E-state index in [4.69, 9.17) is 0 Å². The second-order valence-corrected chi connectivity index (χ2v) is 7.39. The van der Waals surface area contributed by atoms with E-state index in [1.807, 2.05) is 31.2 Å². The van der Waals surface area contributed by atoms with Gasteiger partial charge in [-0.25, -0.2) is 0 Å². The van der Waals surface area contributed by atoms with E-state index >= 15 is 0 Å². The number of carbonyl (C=O) groups excluding carboxylic acids is 2. The first-order valence-electron chi connectivity index (χ1n) is 9.63. The van der Waals surface area contributed by atoms with Crippen LogP contribution in [0.15, 0.2) is 47.4 Å². The normalized spacial score (nSPS) is 12.5. The highest BCUT2D eigenvalue weighted by atomic mass is 16.2. The van der Waals surface area contributed by atoms with Crippen LogP contribution in [0.4, 0.5) is 5.69 Å². The Kier molecular flexibility index (Phi) is 4.88. The molecule has 0 bridgehead atoms. The molecule has 1 aromatic heterocycles. The molecule has 1 aliphatic heterocycles. The molecule has 2 aromatic carbocycles. The Balaban J connectivity index is 1.79. The van der Waals surface area contributed by atoms with E-state index in [9.17, 15) is 14.4 Å². The summed E-state index contributed by atoms with van der Waals surface area (Å²) in [5.74, 6) is 5.17. The molecule has 0 spiro atoms. The van der Waals surface area contributed by atoms with Crippen LogP contribution in [0.3, 0.4) is 0 Å². The number of carbonyl (C=O) groups is 2. The average Bonchev–Trinajstić information content (AvgIpc) is 2.73. The second kappa shape index (κ2) is 7.53. The Labute approximate surface area is 174 Å². The second-order valence-electron chi connectivity index (χ2n) is 7.39. The highest BCUT2D eigenvalue weighted by Gasteiger charge is 2.26. The SMILES string of the molecule is CC#Cc1cc2c3c(c1)c(=O)c(C(=O)NCc1ccc(C)cc1)cn3CC(=O)N2C. The first-order chi connectivity index (χ1) is 14.4. The lowest BCUT2D eigenvalue weighted by Gasteiger charge is -2.28. The Morgan fingerprint density at radius 1 is 1.17 bits per heavy atom. The van der Waals surface area contributed by atoms with Crippen molar-refractivity contribution in [1.29, 1.82) is 0 Å². The van der Waals surface area contributed by atoms with Crippen LogP contribution in [-0.4, -0.2) is 23.4 Å². The summed E-state index contributed by atoms with van der Waals surface area (Å²) in [7, 11) is 1.68. The van der Waals surface area contributed by atoms with E-state index in [0.717, 1.165) is 11.1 Å². The van der Waals surface area contributed by atoms with Gasteiger partial charge in [0.1, 0.15) is 12.1 Å². The molecule has 0 fully saturated rings. The molecule has 1 aliphatic rings. The lowest BCUT2D eigenvalue weighted by Crippen LogP contribution is -2.37. The van der Waals surface area contributed by atoms with Crippen molar-refractivity contribution >= 4 is 28.4 Å². The molecule has 30 heavy (non-hydrogen) atoms. The van der Waals surface area contributed by atoms with Crippen LogP contribution >= 0.6 is 0 Å². The lowest BCUT2D eigenvalue weighted by atomic mass is 10.0. The number of benzene rings is 2. The van der Waals surface area contributed by atoms with Gasteiger partial charge in [0.15, 0.2) is 0 Å². The van der Waals surface area contributed by atoms with Crippen molar-refractivity contribution in [3.63, 3.8) is 0 Å². The van der Waals surface area contributed by atoms with Gasteiger partial charge in [-0.05, 0) is 31.5 Å². The number of nitrogens with one attached hydrogen (secondary N) is 1. The van der Waals surface area contributed by atoms with E-state index in [-0.39, 0.29) is 23.4 Å². The molecule has 2 amide bonds. The number of anilines is 1. The van der Waals surface area contributed by atoms with Crippen LogP contribution in [-0.2, 0) is 17.9 Å². The minimum Gasteiger partial charge on any atom is -0.348 e. The van der Waals surface area contributed by atoms with Gasteiger partial charge in [-0.3, -0.25) is 14.4 Å². The van der Waals surface area contributed by atoms with Crippen molar-refractivity contribution in [3.8, 4) is 11.8 Å². The molecule has 0 saturated heterocycles. The van der Waals surface area contributed by atoms with Gasteiger partial charge in [0, 0.05) is 30.7 Å². The number of aryl methyl sites for hydroxylation is 1. The molecule has 0 unspecified atom stereocenters. The number of pyridine rings is 1. The summed E-state index contributed by atoms with van der Waals surface area (Å²) in [4.78, 5) is 40.0. The van der Waals surface area contributed by atoms with Crippen LogP contribution in [0, 0.1) is 18.8 Å². The first kappa shape index (κ1) is 19.5. The molecule has 6 nitrogen and oxygen atoms in total. The van der Waals surface area contributed by atoms with Gasteiger partial charge in [0.2, 0.25) is 11.3 Å². The number of nitrogens with zero attached hydrogens (tertiary/aromatic N) is 2. The van der Waals surface area contributed by atoms with Gasteiger partial charge in [-0.2, -0.15) is 0 Å². The van der Waals surface area contributed by atoms with E-state index in [1.165, 1.54) is 11.1 Å². The minimum atomic E-state index is -0.467. The molecule has 6 heteroatoms. The van der Waals surface area contributed by atoms with E-state index < -0.39 is 5.91 Å². The average molecular weight is 399 g/mol. The van der Waals surface area contributed by atoms with Crippen molar-refractivity contribution in [2.24, 2.45) is 0 Å². The third kappa shape index (κ3) is 3.35. The summed E-state index contributed by atoms with van der Waals surface area (Å²) in [5.41, 5.74) is 3.60. The van der Waals surface area contributed by atoms with E-state index in [0.29, 0.717) is 28.7 Å². The van der Waals surface area contributed by atoms with Crippen molar-refractivity contribution in [3.05, 3.63) is 75.1 Å². The standard InChI is InChI=1S/C24H21N3O3/c1-4-5-17-10-18-22-20(11-17)26(3)21(28)14-27(22)13-19(23(18)29)24(30)25-12-16-8-6-15(2)7-9-16/h6-11,13H,12,14H2,1-3H3,(H,25,30). The van der Waals surface area contributed by atoms with Crippen molar-refractivity contribution in [1.82, 2.24) is 9.88 Å². The predicted molar refractivity (Wildman–Crippen MR) is 117 cm³/mol. The zero-order valence-corrected chi connectivity index (χ0v) is 17.1. The first-order valence-corrected chi connectivity index (χ1v) is 9.63. The molecule has 150 valence electrons. The zero-order chi connectivity index (χ0) is 21.4. The van der Waals surface area contributed by atoms with Gasteiger partial charge in [-0.15, -0.1) is 5.92 Å². The van der Waals surface area contributed by atoms with Gasteiger partial charge < -0.3 is 14.8 Å². The highest BCUT2D eigenvalue weighted by molar-refractivity contribution is 6.07. The molecule has 0 saturated carbocycles. The number of amides is 2. The van der Waals surface area contributed by atoms with Gasteiger partial charge >= 0.3 is 0 Å². The summed E-state index contributed by atoms with van der Waals surface area (Å²) in [5, 5.41) is 3.19. The summed E-state index contributed by atoms with van der Waals surface area (Å²) >= 11 is 0. The molecule has 4 rings (SSSR count). The van der Waals surface area contributed by atoms with Crippen LogP contribution in [0.5, 0.6) is 0 Å². The monoisotopic (exact) mass is 399 g/mol. The van der Waals surface area contributed by atoms with Crippen molar-refractivity contribution in [2.45, 2.75) is 26.9 Å². The van der Waals surface area contributed by atoms with E-state index in [1.54, 1.807) is 30.7 Å². The summed E-state index contributed by atoms with van der Waals surface area (Å²) in [6, 6.07) is 11.3. The number of likely N-dealkylation sites (N-methyl/N-ethyl adjacent to an activating group) is 1. The Hall–Kier alpha value is -3.85.